The minimum Gasteiger partial charge on any atom is -0.382 e. The molecule has 1 fully saturated rings. The molecule has 2 heterocycles. The molecule has 98 valence electrons. The molecule has 1 aliphatic rings. The lowest BCUT2D eigenvalue weighted by Crippen LogP contribution is -2.39. The van der Waals surface area contributed by atoms with Crippen molar-refractivity contribution in [1.82, 2.24) is 15.3 Å². The maximum Gasteiger partial charge on any atom is 0.227 e. The Kier molecular flexibility index (Phi) is 3.30. The first-order chi connectivity index (χ1) is 8.48. The largest absolute Gasteiger partial charge is 0.382 e. The molecule has 1 aromatic rings. The molecule has 3 N–H and O–H groups in total. The molecule has 1 aliphatic heterocycles. The number of halogens is 1. The van der Waals surface area contributed by atoms with Crippen molar-refractivity contribution in [2.24, 2.45) is 5.41 Å². The Morgan fingerprint density at radius 1 is 1.61 bits per heavy atom. The zero-order chi connectivity index (χ0) is 13.3. The van der Waals surface area contributed by atoms with E-state index in [-0.39, 0.29) is 11.7 Å². The van der Waals surface area contributed by atoms with Gasteiger partial charge in [0.25, 0.3) is 0 Å². The summed E-state index contributed by atoms with van der Waals surface area (Å²) in [4.78, 5) is 21.8. The zero-order valence-electron chi connectivity index (χ0n) is 10.4. The highest BCUT2D eigenvalue weighted by atomic mass is 35.5. The minimum atomic E-state index is -0.419. The predicted octanol–water partition coefficient (Wildman–Crippen LogP) is 0.675. The van der Waals surface area contributed by atoms with Crippen molar-refractivity contribution >= 4 is 29.1 Å². The summed E-state index contributed by atoms with van der Waals surface area (Å²) < 4.78 is 0. The fraction of sp³-hybridized carbons (Fsp3) is 0.545. The number of carbonyl (C=O) groups excluding carboxylic acids is 1. The van der Waals surface area contributed by atoms with Crippen molar-refractivity contribution in [3.8, 4) is 0 Å². The van der Waals surface area contributed by atoms with Gasteiger partial charge in [0, 0.05) is 20.1 Å². The number of amides is 1. The van der Waals surface area contributed by atoms with Gasteiger partial charge in [-0.25, -0.2) is 9.97 Å². The van der Waals surface area contributed by atoms with Crippen molar-refractivity contribution in [1.29, 1.82) is 0 Å². The number of nitrogens with one attached hydrogen (secondary N) is 1. The van der Waals surface area contributed by atoms with Crippen LogP contribution < -0.4 is 16.0 Å². The van der Waals surface area contributed by atoms with E-state index in [9.17, 15) is 4.79 Å². The molecule has 2 rings (SSSR count). The van der Waals surface area contributed by atoms with E-state index in [0.29, 0.717) is 17.4 Å². The Morgan fingerprint density at radius 3 is 3.00 bits per heavy atom. The normalized spacial score (nSPS) is 23.2. The highest BCUT2D eigenvalue weighted by molar-refractivity contribution is 6.35. The Labute approximate surface area is 111 Å². The van der Waals surface area contributed by atoms with Gasteiger partial charge in [-0.3, -0.25) is 4.79 Å². The highest BCUT2D eigenvalue weighted by Crippen LogP contribution is 2.36. The van der Waals surface area contributed by atoms with E-state index in [0.717, 1.165) is 13.0 Å². The van der Waals surface area contributed by atoms with Crippen LogP contribution in [0.3, 0.4) is 0 Å². The smallest absolute Gasteiger partial charge is 0.227 e. The summed E-state index contributed by atoms with van der Waals surface area (Å²) in [7, 11) is 1.64. The number of nitrogen functional groups attached to an aromatic ring is 1. The number of carbonyl (C=O) groups is 1. The minimum absolute atomic E-state index is 0.0307. The number of anilines is 2. The molecule has 7 heteroatoms. The fourth-order valence-corrected chi connectivity index (χ4v) is 2.44. The van der Waals surface area contributed by atoms with E-state index in [4.69, 9.17) is 17.3 Å². The van der Waals surface area contributed by atoms with E-state index in [2.05, 4.69) is 15.3 Å². The maximum absolute atomic E-state index is 11.8. The van der Waals surface area contributed by atoms with Gasteiger partial charge in [0.05, 0.1) is 5.41 Å². The summed E-state index contributed by atoms with van der Waals surface area (Å²) in [6, 6.07) is 0. The molecular weight excluding hydrogens is 254 g/mol. The summed E-state index contributed by atoms with van der Waals surface area (Å²) in [5.41, 5.74) is 5.23. The van der Waals surface area contributed by atoms with Crippen LogP contribution in [-0.4, -0.2) is 36.0 Å². The summed E-state index contributed by atoms with van der Waals surface area (Å²) in [6.07, 6.45) is 2.14. The molecule has 0 aliphatic carbocycles. The third kappa shape index (κ3) is 2.08. The summed E-state index contributed by atoms with van der Waals surface area (Å²) in [6.45, 7) is 3.23. The second-order valence-electron chi connectivity index (χ2n) is 4.71. The molecule has 0 saturated carbocycles. The van der Waals surface area contributed by atoms with Crippen LogP contribution in [0.25, 0.3) is 0 Å². The first-order valence-corrected chi connectivity index (χ1v) is 6.09. The van der Waals surface area contributed by atoms with Crippen molar-refractivity contribution in [3.05, 3.63) is 11.3 Å². The third-order valence-corrected chi connectivity index (χ3v) is 3.71. The van der Waals surface area contributed by atoms with Gasteiger partial charge in [-0.05, 0) is 13.3 Å². The predicted molar refractivity (Wildman–Crippen MR) is 70.5 cm³/mol. The Hall–Kier alpha value is -1.56. The standard InChI is InChI=1S/C11H16ClN5O/c1-11(10(18)14-2)3-4-17(5-11)9-7(12)8(13)15-6-16-9/h6H,3-5H2,1-2H3,(H,14,18)(H2,13,15,16). The number of hydrogen-bond acceptors (Lipinski definition) is 5. The zero-order valence-corrected chi connectivity index (χ0v) is 11.2. The molecule has 1 atom stereocenters. The van der Waals surface area contributed by atoms with E-state index >= 15 is 0 Å². The molecule has 6 nitrogen and oxygen atoms in total. The molecule has 18 heavy (non-hydrogen) atoms. The van der Waals surface area contributed by atoms with Gasteiger partial charge in [-0.15, -0.1) is 0 Å². The summed E-state index contributed by atoms with van der Waals surface area (Å²) >= 11 is 6.09. The van der Waals surface area contributed by atoms with Gasteiger partial charge in [0.2, 0.25) is 5.91 Å². The van der Waals surface area contributed by atoms with Crippen molar-refractivity contribution < 1.29 is 4.79 Å². The lowest BCUT2D eigenvalue weighted by Gasteiger charge is -2.23. The summed E-state index contributed by atoms with van der Waals surface area (Å²) in [5.74, 6) is 0.884. The average Bonchev–Trinajstić information content (AvgIpc) is 2.75. The molecule has 0 bridgehead atoms. The lowest BCUT2D eigenvalue weighted by atomic mass is 9.89. The SMILES string of the molecule is CNC(=O)C1(C)CCN(c2ncnc(N)c2Cl)C1. The van der Waals surface area contributed by atoms with Crippen LogP contribution in [-0.2, 0) is 4.79 Å². The van der Waals surface area contributed by atoms with Gasteiger partial charge in [-0.2, -0.15) is 0 Å². The first kappa shape index (κ1) is 12.9. The van der Waals surface area contributed by atoms with Gasteiger partial charge in [0.15, 0.2) is 5.82 Å². The van der Waals surface area contributed by atoms with E-state index in [1.807, 2.05) is 11.8 Å². The van der Waals surface area contributed by atoms with Gasteiger partial charge in [-0.1, -0.05) is 11.6 Å². The van der Waals surface area contributed by atoms with Crippen molar-refractivity contribution in [2.75, 3.05) is 30.8 Å². The average molecular weight is 270 g/mol. The Balaban J connectivity index is 2.23. The molecule has 1 saturated heterocycles. The first-order valence-electron chi connectivity index (χ1n) is 5.71. The number of aromatic nitrogens is 2. The topological polar surface area (TPSA) is 84.1 Å². The molecule has 1 unspecified atom stereocenters. The monoisotopic (exact) mass is 269 g/mol. The molecule has 1 aromatic heterocycles. The highest BCUT2D eigenvalue weighted by Gasteiger charge is 2.40. The van der Waals surface area contributed by atoms with E-state index < -0.39 is 5.41 Å². The molecular formula is C11H16ClN5O. The number of rotatable bonds is 2. The third-order valence-electron chi connectivity index (χ3n) is 3.35. The summed E-state index contributed by atoms with van der Waals surface area (Å²) in [5, 5.41) is 3.04. The molecule has 1 amide bonds. The quantitative estimate of drug-likeness (QED) is 0.825. The number of nitrogens with zero attached hydrogens (tertiary/aromatic N) is 3. The van der Waals surface area contributed by atoms with Gasteiger partial charge in [0.1, 0.15) is 17.2 Å². The second-order valence-corrected chi connectivity index (χ2v) is 5.09. The Morgan fingerprint density at radius 2 is 2.33 bits per heavy atom. The van der Waals surface area contributed by atoms with E-state index in [1.165, 1.54) is 6.33 Å². The van der Waals surface area contributed by atoms with E-state index in [1.54, 1.807) is 7.05 Å². The van der Waals surface area contributed by atoms with Crippen LogP contribution >= 0.6 is 11.6 Å². The van der Waals surface area contributed by atoms with Crippen LogP contribution in [0, 0.1) is 5.41 Å². The second kappa shape index (κ2) is 4.61. The maximum atomic E-state index is 11.8. The number of hydrogen-bond donors (Lipinski definition) is 2. The van der Waals surface area contributed by atoms with Gasteiger partial charge >= 0.3 is 0 Å². The molecule has 0 aromatic carbocycles. The van der Waals surface area contributed by atoms with Crippen molar-refractivity contribution in [2.45, 2.75) is 13.3 Å². The lowest BCUT2D eigenvalue weighted by molar-refractivity contribution is -0.128. The van der Waals surface area contributed by atoms with Crippen molar-refractivity contribution in [3.63, 3.8) is 0 Å². The van der Waals surface area contributed by atoms with Crippen LogP contribution in [0.1, 0.15) is 13.3 Å². The molecule has 0 spiro atoms. The molecule has 0 radical (unpaired) electrons. The van der Waals surface area contributed by atoms with Crippen LogP contribution in [0.2, 0.25) is 5.02 Å². The van der Waals surface area contributed by atoms with Crippen LogP contribution in [0.4, 0.5) is 11.6 Å². The van der Waals surface area contributed by atoms with Crippen LogP contribution in [0.5, 0.6) is 0 Å². The fourth-order valence-electron chi connectivity index (χ4n) is 2.22. The van der Waals surface area contributed by atoms with Gasteiger partial charge < -0.3 is 16.0 Å². The van der Waals surface area contributed by atoms with Crippen LogP contribution in [0.15, 0.2) is 6.33 Å². The number of nitrogens with two attached hydrogens (primary N) is 1. The Bertz CT molecular complexity index is 481.